The molecule has 9 nitrogen and oxygen atoms in total. The van der Waals surface area contributed by atoms with E-state index in [1.165, 1.54) is 29.2 Å². The van der Waals surface area contributed by atoms with Crippen LogP contribution < -0.4 is 20.7 Å². The summed E-state index contributed by atoms with van der Waals surface area (Å²) >= 11 is 0. The summed E-state index contributed by atoms with van der Waals surface area (Å²) in [6, 6.07) is 8.82. The van der Waals surface area contributed by atoms with Gasteiger partial charge in [-0.15, -0.1) is 0 Å². The van der Waals surface area contributed by atoms with Crippen molar-refractivity contribution in [1.82, 2.24) is 4.98 Å². The van der Waals surface area contributed by atoms with E-state index in [1.54, 1.807) is 19.1 Å². The maximum Gasteiger partial charge on any atom is 0.335 e. The Balaban J connectivity index is 1.77. The lowest BCUT2D eigenvalue weighted by atomic mass is 10.2. The number of ether oxygens (including phenoxy) is 1. The van der Waals surface area contributed by atoms with E-state index in [4.69, 9.17) is 15.6 Å². The fourth-order valence-corrected chi connectivity index (χ4v) is 2.49. The van der Waals surface area contributed by atoms with Gasteiger partial charge in [-0.3, -0.25) is 14.5 Å². The number of benzene rings is 1. The number of carbonyl (C=O) groups excluding carboxylic acids is 2. The van der Waals surface area contributed by atoms with Crippen molar-refractivity contribution in [2.45, 2.75) is 13.0 Å². The Morgan fingerprint density at radius 2 is 1.96 bits per heavy atom. The van der Waals surface area contributed by atoms with Crippen LogP contribution in [0.2, 0.25) is 0 Å². The minimum atomic E-state index is -1.06. The van der Waals surface area contributed by atoms with E-state index in [2.05, 4.69) is 10.3 Å². The number of carboxylic acid groups (broad SMARTS) is 1. The summed E-state index contributed by atoms with van der Waals surface area (Å²) in [5.74, 6) is -1.19. The number of nitrogens with two attached hydrogens (primary N) is 1. The molecule has 4 N–H and O–H groups in total. The molecule has 0 aliphatic carbocycles. The van der Waals surface area contributed by atoms with E-state index in [0.717, 1.165) is 0 Å². The number of aromatic nitrogens is 1. The van der Waals surface area contributed by atoms with Gasteiger partial charge in [0.25, 0.3) is 5.91 Å². The van der Waals surface area contributed by atoms with Gasteiger partial charge >= 0.3 is 5.97 Å². The fourth-order valence-electron chi connectivity index (χ4n) is 2.49. The predicted octanol–water partition coefficient (Wildman–Crippen LogP) is 1.11. The van der Waals surface area contributed by atoms with Crippen molar-refractivity contribution in [2.24, 2.45) is 0 Å². The van der Waals surface area contributed by atoms with Gasteiger partial charge in [-0.05, 0) is 43.3 Å². The molecule has 2 amide bonds. The number of nitrogens with one attached hydrogen (secondary N) is 1. The highest BCUT2D eigenvalue weighted by Gasteiger charge is 2.34. The Kier molecular flexibility index (Phi) is 4.44. The summed E-state index contributed by atoms with van der Waals surface area (Å²) in [6.07, 6.45) is -0.754. The van der Waals surface area contributed by atoms with Crippen LogP contribution in [0.5, 0.6) is 5.75 Å². The Bertz CT molecular complexity index is 881. The number of carbonyl (C=O) groups is 3. The van der Waals surface area contributed by atoms with E-state index in [9.17, 15) is 14.4 Å². The van der Waals surface area contributed by atoms with Gasteiger partial charge in [0.15, 0.2) is 17.7 Å². The highest BCUT2D eigenvalue weighted by molar-refractivity contribution is 6.05. The number of hydrogen-bond donors (Lipinski definition) is 3. The van der Waals surface area contributed by atoms with Crippen LogP contribution in [0.4, 0.5) is 17.3 Å². The fraction of sp³-hybridized carbons (Fsp3) is 0.176. The van der Waals surface area contributed by atoms with Crippen molar-refractivity contribution in [3.05, 3.63) is 42.0 Å². The van der Waals surface area contributed by atoms with Crippen LogP contribution in [0, 0.1) is 0 Å². The molecule has 3 rings (SSSR count). The molecule has 0 radical (unpaired) electrons. The van der Waals surface area contributed by atoms with Gasteiger partial charge < -0.3 is 20.9 Å². The number of rotatable bonds is 4. The van der Waals surface area contributed by atoms with E-state index < -0.39 is 23.9 Å². The first-order valence-corrected chi connectivity index (χ1v) is 7.73. The molecule has 26 heavy (non-hydrogen) atoms. The maximum atomic E-state index is 12.4. The van der Waals surface area contributed by atoms with Crippen molar-refractivity contribution in [1.29, 1.82) is 0 Å². The topological polar surface area (TPSA) is 135 Å². The zero-order valence-corrected chi connectivity index (χ0v) is 13.8. The molecule has 1 aromatic heterocycles. The molecular formula is C17H16N4O5. The molecule has 1 aromatic carbocycles. The van der Waals surface area contributed by atoms with Crippen molar-refractivity contribution in [3.8, 4) is 5.75 Å². The molecule has 134 valence electrons. The average Bonchev–Trinajstić information content (AvgIpc) is 2.60. The lowest BCUT2D eigenvalue weighted by Crippen LogP contribution is -2.48. The average molecular weight is 356 g/mol. The second-order valence-electron chi connectivity index (χ2n) is 5.67. The Hall–Kier alpha value is -3.62. The highest BCUT2D eigenvalue weighted by atomic mass is 16.5. The molecule has 1 aliphatic rings. The van der Waals surface area contributed by atoms with Gasteiger partial charge in [-0.1, -0.05) is 0 Å². The Morgan fingerprint density at radius 1 is 1.27 bits per heavy atom. The largest absolute Gasteiger partial charge is 0.478 e. The number of hydrogen-bond acceptors (Lipinski definition) is 6. The third-order valence-electron chi connectivity index (χ3n) is 3.75. The number of aromatic carboxylic acids is 1. The second kappa shape index (κ2) is 6.71. The van der Waals surface area contributed by atoms with Gasteiger partial charge in [0.1, 0.15) is 12.4 Å². The lowest BCUT2D eigenvalue weighted by Gasteiger charge is -2.31. The molecule has 1 unspecified atom stereocenters. The first-order valence-electron chi connectivity index (χ1n) is 7.73. The smallest absolute Gasteiger partial charge is 0.335 e. The lowest BCUT2D eigenvalue weighted by molar-refractivity contribution is -0.127. The normalized spacial score (nSPS) is 15.8. The molecule has 0 saturated heterocycles. The SMILES string of the molecule is CC1Oc2ccc(N)nc2N(CC(=O)Nc2ccc(C(=O)O)cc2)C1=O. The summed E-state index contributed by atoms with van der Waals surface area (Å²) in [5, 5.41) is 11.5. The molecule has 9 heteroatoms. The third kappa shape index (κ3) is 3.41. The van der Waals surface area contributed by atoms with Crippen LogP contribution in [0.15, 0.2) is 36.4 Å². The van der Waals surface area contributed by atoms with Gasteiger partial charge in [0.2, 0.25) is 5.91 Å². The summed E-state index contributed by atoms with van der Waals surface area (Å²) in [6.45, 7) is 1.30. The van der Waals surface area contributed by atoms with E-state index in [0.29, 0.717) is 11.4 Å². The summed E-state index contributed by atoms with van der Waals surface area (Å²) in [7, 11) is 0. The quantitative estimate of drug-likeness (QED) is 0.747. The van der Waals surface area contributed by atoms with Crippen molar-refractivity contribution >= 4 is 35.1 Å². The molecule has 2 heterocycles. The molecule has 1 aliphatic heterocycles. The van der Waals surface area contributed by atoms with E-state index in [-0.39, 0.29) is 23.7 Å². The molecule has 1 atom stereocenters. The summed E-state index contributed by atoms with van der Waals surface area (Å²) in [4.78, 5) is 40.8. The van der Waals surface area contributed by atoms with Gasteiger partial charge in [0.05, 0.1) is 5.56 Å². The number of nitrogens with zero attached hydrogens (tertiary/aromatic N) is 2. The van der Waals surface area contributed by atoms with Crippen LogP contribution in [-0.4, -0.2) is 40.5 Å². The Morgan fingerprint density at radius 3 is 2.62 bits per heavy atom. The Labute approximate surface area is 148 Å². The van der Waals surface area contributed by atoms with Gasteiger partial charge in [-0.2, -0.15) is 0 Å². The number of fused-ring (bicyclic) bond motifs is 1. The summed E-state index contributed by atoms with van der Waals surface area (Å²) in [5.41, 5.74) is 6.18. The number of anilines is 3. The number of amides is 2. The molecular weight excluding hydrogens is 340 g/mol. The van der Waals surface area contributed by atoms with Crippen LogP contribution in [0.1, 0.15) is 17.3 Å². The monoisotopic (exact) mass is 356 g/mol. The van der Waals surface area contributed by atoms with Crippen LogP contribution in [-0.2, 0) is 9.59 Å². The van der Waals surface area contributed by atoms with Crippen molar-refractivity contribution in [2.75, 3.05) is 22.5 Å². The second-order valence-corrected chi connectivity index (χ2v) is 5.67. The van der Waals surface area contributed by atoms with E-state index >= 15 is 0 Å². The summed E-state index contributed by atoms with van der Waals surface area (Å²) < 4.78 is 5.47. The van der Waals surface area contributed by atoms with Crippen LogP contribution in [0.25, 0.3) is 0 Å². The highest BCUT2D eigenvalue weighted by Crippen LogP contribution is 2.32. The van der Waals surface area contributed by atoms with Gasteiger partial charge in [0, 0.05) is 5.69 Å². The molecule has 0 spiro atoms. The van der Waals surface area contributed by atoms with Gasteiger partial charge in [-0.25, -0.2) is 9.78 Å². The zero-order chi connectivity index (χ0) is 18.8. The number of pyridine rings is 1. The van der Waals surface area contributed by atoms with E-state index in [1.807, 2.05) is 0 Å². The number of nitrogen functional groups attached to an aromatic ring is 1. The molecule has 0 bridgehead atoms. The van der Waals surface area contributed by atoms with Crippen molar-refractivity contribution < 1.29 is 24.2 Å². The predicted molar refractivity (Wildman–Crippen MR) is 93.1 cm³/mol. The minimum Gasteiger partial charge on any atom is -0.478 e. The first kappa shape index (κ1) is 17.2. The maximum absolute atomic E-state index is 12.4. The zero-order valence-electron chi connectivity index (χ0n) is 13.8. The van der Waals surface area contributed by atoms with Crippen molar-refractivity contribution in [3.63, 3.8) is 0 Å². The van der Waals surface area contributed by atoms with Crippen LogP contribution in [0.3, 0.4) is 0 Å². The van der Waals surface area contributed by atoms with Crippen LogP contribution >= 0.6 is 0 Å². The standard InChI is InChI=1S/C17H16N4O5/c1-9-16(23)21(15-12(26-9)6-7-13(18)20-15)8-14(22)19-11-4-2-10(3-5-11)17(24)25/h2-7,9H,8H2,1H3,(H2,18,20)(H,19,22)(H,24,25). The molecule has 0 saturated carbocycles. The first-order chi connectivity index (χ1) is 12.3. The molecule has 0 fully saturated rings. The molecule has 2 aromatic rings. The minimum absolute atomic E-state index is 0.105. The number of carboxylic acids is 1. The third-order valence-corrected chi connectivity index (χ3v) is 3.75.